The van der Waals surface area contributed by atoms with Crippen LogP contribution in [0.5, 0.6) is 0 Å². The third kappa shape index (κ3) is 3.65. The molecule has 0 aliphatic carbocycles. The van der Waals surface area contributed by atoms with Crippen LogP contribution in [0.15, 0.2) is 12.2 Å². The molecule has 0 spiro atoms. The monoisotopic (exact) mass is 342 g/mol. The molecule has 3 aliphatic heterocycles. The van der Waals surface area contributed by atoms with Gasteiger partial charge in [-0.2, -0.15) is 0 Å². The minimum atomic E-state index is -0.720. The maximum absolute atomic E-state index is 11.7. The zero-order chi connectivity index (χ0) is 17.5. The Kier molecular flexibility index (Phi) is 4.74. The van der Waals surface area contributed by atoms with Gasteiger partial charge in [-0.05, 0) is 34.6 Å². The first-order valence-electron chi connectivity index (χ1n) is 8.38. The molecule has 3 fully saturated rings. The van der Waals surface area contributed by atoms with E-state index in [0.29, 0.717) is 13.2 Å². The Hall–Kier alpha value is -0.990. The summed E-state index contributed by atoms with van der Waals surface area (Å²) >= 11 is 0. The summed E-state index contributed by atoms with van der Waals surface area (Å²) in [5.74, 6) is -1.95. The molecule has 0 N–H and O–H groups in total. The highest BCUT2D eigenvalue weighted by Crippen LogP contribution is 2.44. The summed E-state index contributed by atoms with van der Waals surface area (Å²) in [7, 11) is 0. The van der Waals surface area contributed by atoms with E-state index in [1.807, 2.05) is 27.7 Å². The van der Waals surface area contributed by atoms with Crippen molar-refractivity contribution in [2.75, 3.05) is 13.2 Å². The summed E-state index contributed by atoms with van der Waals surface area (Å²) in [5, 5.41) is 0. The van der Waals surface area contributed by atoms with Gasteiger partial charge in [0.25, 0.3) is 0 Å². The number of hydrogen-bond donors (Lipinski definition) is 0. The van der Waals surface area contributed by atoms with E-state index in [4.69, 9.17) is 28.4 Å². The quantitative estimate of drug-likeness (QED) is 0.569. The lowest BCUT2D eigenvalue weighted by molar-refractivity contribution is -0.224. The third-order valence-electron chi connectivity index (χ3n) is 4.28. The van der Waals surface area contributed by atoms with Gasteiger partial charge in [-0.3, -0.25) is 0 Å². The van der Waals surface area contributed by atoms with Crippen molar-refractivity contribution < 1.29 is 33.2 Å². The second kappa shape index (κ2) is 6.38. The van der Waals surface area contributed by atoms with Gasteiger partial charge in [-0.15, -0.1) is 0 Å². The molecule has 5 atom stereocenters. The molecule has 0 bridgehead atoms. The highest BCUT2D eigenvalue weighted by Gasteiger charge is 2.57. The van der Waals surface area contributed by atoms with E-state index in [1.165, 1.54) is 6.08 Å². The largest absolute Gasteiger partial charge is 0.463 e. The Bertz CT molecular complexity index is 513. The normalized spacial score (nSPS) is 40.1. The minimum Gasteiger partial charge on any atom is -0.463 e. The summed E-state index contributed by atoms with van der Waals surface area (Å²) in [4.78, 5) is 11.7. The van der Waals surface area contributed by atoms with Crippen molar-refractivity contribution in [2.24, 2.45) is 5.92 Å². The first-order chi connectivity index (χ1) is 11.2. The second-order valence-corrected chi connectivity index (χ2v) is 7.12. The lowest BCUT2D eigenvalue weighted by Crippen LogP contribution is -2.38. The Morgan fingerprint density at radius 1 is 1.12 bits per heavy atom. The molecule has 3 rings (SSSR count). The molecule has 3 saturated heterocycles. The summed E-state index contributed by atoms with van der Waals surface area (Å²) < 4.78 is 34.3. The van der Waals surface area contributed by atoms with Gasteiger partial charge in [0, 0.05) is 12.0 Å². The average molecular weight is 342 g/mol. The average Bonchev–Trinajstić information content (AvgIpc) is 3.06. The van der Waals surface area contributed by atoms with E-state index < -0.39 is 17.9 Å². The van der Waals surface area contributed by atoms with Gasteiger partial charge in [0.15, 0.2) is 17.9 Å². The Balaban J connectivity index is 1.76. The van der Waals surface area contributed by atoms with Gasteiger partial charge in [0.2, 0.25) is 0 Å². The number of carbonyl (C=O) groups is 1. The molecule has 136 valence electrons. The SMILES string of the molecule is CCOC(=O)/C=C/[C@H]1[C@H]2OC(C)(C)O[C@H]2O[C@@H]1[C@H]1COC(C)(C)O1. The highest BCUT2D eigenvalue weighted by molar-refractivity contribution is 5.81. The van der Waals surface area contributed by atoms with Crippen molar-refractivity contribution in [1.82, 2.24) is 0 Å². The lowest BCUT2D eigenvalue weighted by atomic mass is 9.94. The molecule has 0 aromatic heterocycles. The van der Waals surface area contributed by atoms with Crippen LogP contribution in [0.3, 0.4) is 0 Å². The fourth-order valence-corrected chi connectivity index (χ4v) is 3.37. The molecule has 0 unspecified atom stereocenters. The van der Waals surface area contributed by atoms with Crippen molar-refractivity contribution in [2.45, 2.75) is 70.8 Å². The molecule has 0 amide bonds. The summed E-state index contributed by atoms with van der Waals surface area (Å²) in [6, 6.07) is 0. The summed E-state index contributed by atoms with van der Waals surface area (Å²) in [5.41, 5.74) is 0. The maximum atomic E-state index is 11.7. The van der Waals surface area contributed by atoms with E-state index in [0.717, 1.165) is 0 Å². The fraction of sp³-hybridized carbons (Fsp3) is 0.824. The number of rotatable bonds is 4. The van der Waals surface area contributed by atoms with Crippen LogP contribution in [0.2, 0.25) is 0 Å². The molecule has 7 heteroatoms. The number of fused-ring (bicyclic) bond motifs is 1. The lowest BCUT2D eigenvalue weighted by Gasteiger charge is -2.27. The zero-order valence-electron chi connectivity index (χ0n) is 14.8. The Morgan fingerprint density at radius 2 is 1.88 bits per heavy atom. The van der Waals surface area contributed by atoms with Gasteiger partial charge in [0.05, 0.1) is 19.3 Å². The molecular weight excluding hydrogens is 316 g/mol. The minimum absolute atomic E-state index is 0.191. The number of ether oxygens (including phenoxy) is 6. The molecule has 0 aromatic rings. The zero-order valence-corrected chi connectivity index (χ0v) is 14.8. The van der Waals surface area contributed by atoms with E-state index in [9.17, 15) is 4.79 Å². The van der Waals surface area contributed by atoms with Crippen molar-refractivity contribution >= 4 is 5.97 Å². The van der Waals surface area contributed by atoms with Crippen molar-refractivity contribution in [3.63, 3.8) is 0 Å². The molecule has 7 nitrogen and oxygen atoms in total. The van der Waals surface area contributed by atoms with Crippen LogP contribution in [0, 0.1) is 5.92 Å². The second-order valence-electron chi connectivity index (χ2n) is 7.12. The van der Waals surface area contributed by atoms with Crippen molar-refractivity contribution in [3.8, 4) is 0 Å². The standard InChI is InChI=1S/C17H26O7/c1-6-19-12(18)8-7-10-13(11-9-20-16(2,3)22-11)21-15-14(10)23-17(4,5)24-15/h7-8,10-11,13-15H,6,9H2,1-5H3/b8-7+/t10-,11-,13+,14-,15-/m1/s1. The topological polar surface area (TPSA) is 72.5 Å². The molecule has 0 aromatic carbocycles. The van der Waals surface area contributed by atoms with Crippen molar-refractivity contribution in [1.29, 1.82) is 0 Å². The first kappa shape index (κ1) is 17.8. The maximum Gasteiger partial charge on any atom is 0.330 e. The Labute approximate surface area is 142 Å². The van der Waals surface area contributed by atoms with Crippen LogP contribution in [0.25, 0.3) is 0 Å². The van der Waals surface area contributed by atoms with Crippen LogP contribution in [0.1, 0.15) is 34.6 Å². The predicted molar refractivity (Wildman–Crippen MR) is 82.9 cm³/mol. The van der Waals surface area contributed by atoms with Crippen LogP contribution in [-0.4, -0.2) is 55.4 Å². The molecule has 0 radical (unpaired) electrons. The predicted octanol–water partition coefficient (Wildman–Crippen LogP) is 1.75. The molecular formula is C17H26O7. The Morgan fingerprint density at radius 3 is 2.50 bits per heavy atom. The molecule has 3 aliphatic rings. The van der Waals surface area contributed by atoms with Crippen LogP contribution in [-0.2, 0) is 33.2 Å². The number of esters is 1. The van der Waals surface area contributed by atoms with E-state index in [-0.39, 0.29) is 30.2 Å². The van der Waals surface area contributed by atoms with Gasteiger partial charge >= 0.3 is 5.97 Å². The highest BCUT2D eigenvalue weighted by atomic mass is 16.8. The molecule has 24 heavy (non-hydrogen) atoms. The van der Waals surface area contributed by atoms with E-state index in [2.05, 4.69) is 0 Å². The van der Waals surface area contributed by atoms with Crippen LogP contribution >= 0.6 is 0 Å². The van der Waals surface area contributed by atoms with E-state index in [1.54, 1.807) is 13.0 Å². The summed E-state index contributed by atoms with van der Waals surface area (Å²) in [6.07, 6.45) is 1.83. The molecule has 0 saturated carbocycles. The fourth-order valence-electron chi connectivity index (χ4n) is 3.37. The van der Waals surface area contributed by atoms with Gasteiger partial charge in [0.1, 0.15) is 12.2 Å². The van der Waals surface area contributed by atoms with Crippen LogP contribution < -0.4 is 0 Å². The van der Waals surface area contributed by atoms with Gasteiger partial charge < -0.3 is 28.4 Å². The van der Waals surface area contributed by atoms with Gasteiger partial charge in [-0.1, -0.05) is 6.08 Å². The summed E-state index contributed by atoms with van der Waals surface area (Å²) in [6.45, 7) is 9.93. The third-order valence-corrected chi connectivity index (χ3v) is 4.28. The first-order valence-corrected chi connectivity index (χ1v) is 8.38. The smallest absolute Gasteiger partial charge is 0.330 e. The van der Waals surface area contributed by atoms with Crippen molar-refractivity contribution in [3.05, 3.63) is 12.2 Å². The van der Waals surface area contributed by atoms with Gasteiger partial charge in [-0.25, -0.2) is 4.79 Å². The number of carbonyl (C=O) groups excluding carboxylic acids is 1. The molecule has 3 heterocycles. The van der Waals surface area contributed by atoms with Crippen LogP contribution in [0.4, 0.5) is 0 Å². The number of hydrogen-bond acceptors (Lipinski definition) is 7. The van der Waals surface area contributed by atoms with E-state index >= 15 is 0 Å².